The highest BCUT2D eigenvalue weighted by molar-refractivity contribution is 8.00. The molecule has 3 aromatic rings. The van der Waals surface area contributed by atoms with Crippen molar-refractivity contribution in [2.24, 2.45) is 0 Å². The van der Waals surface area contributed by atoms with Crippen molar-refractivity contribution < 1.29 is 19.1 Å². The Morgan fingerprint density at radius 3 is 2.63 bits per heavy atom. The van der Waals surface area contributed by atoms with Crippen LogP contribution < -0.4 is 20.7 Å². The van der Waals surface area contributed by atoms with Crippen LogP contribution in [0, 0.1) is 11.3 Å². The molecule has 3 N–H and O–H groups in total. The number of para-hydroxylation sites is 2. The maximum absolute atomic E-state index is 13.4. The van der Waals surface area contributed by atoms with Crippen LogP contribution >= 0.6 is 35.3 Å². The van der Waals surface area contributed by atoms with Crippen LogP contribution in [0.2, 0.25) is 0 Å². The van der Waals surface area contributed by atoms with E-state index in [0.29, 0.717) is 47.4 Å². The fourth-order valence-corrected chi connectivity index (χ4v) is 6.91. The molecular formula is C31H35N5O4S3. The summed E-state index contributed by atoms with van der Waals surface area (Å²) in [6.07, 6.45) is 0.733. The Hall–Kier alpha value is -3.79. The summed E-state index contributed by atoms with van der Waals surface area (Å²) in [4.78, 5) is 29.4. The molecule has 0 saturated heterocycles. The highest BCUT2D eigenvalue weighted by Gasteiger charge is 2.31. The lowest BCUT2D eigenvalue weighted by atomic mass is 10.0. The summed E-state index contributed by atoms with van der Waals surface area (Å²) in [5, 5.41) is 19.8. The minimum atomic E-state index is -0.592. The number of methoxy groups -OCH3 is 1. The first-order valence-corrected chi connectivity index (χ1v) is 15.9. The number of ether oxygens (including phenoxy) is 2. The Bertz CT molecular complexity index is 1540. The minimum absolute atomic E-state index is 0.182. The van der Waals surface area contributed by atoms with Crippen molar-refractivity contribution in [3.05, 3.63) is 64.5 Å². The number of thiophene rings is 1. The van der Waals surface area contributed by atoms with Gasteiger partial charge in [-0.2, -0.15) is 5.26 Å². The number of thiocarbonyl (C=S) groups is 1. The lowest BCUT2D eigenvalue weighted by Crippen LogP contribution is -2.39. The van der Waals surface area contributed by atoms with E-state index in [9.17, 15) is 14.9 Å². The fourth-order valence-electron chi connectivity index (χ4n) is 4.45. The summed E-state index contributed by atoms with van der Waals surface area (Å²) in [5.74, 6) is 0.498. The molecule has 0 spiro atoms. The van der Waals surface area contributed by atoms with Gasteiger partial charge in [0, 0.05) is 22.0 Å². The third-order valence-corrected chi connectivity index (χ3v) is 9.14. The highest BCUT2D eigenvalue weighted by Crippen LogP contribution is 2.38. The van der Waals surface area contributed by atoms with Crippen LogP contribution in [0.3, 0.4) is 0 Å². The Morgan fingerprint density at radius 2 is 1.93 bits per heavy atom. The quantitative estimate of drug-likeness (QED) is 0.174. The van der Waals surface area contributed by atoms with Crippen LogP contribution in [-0.2, 0) is 22.5 Å². The molecule has 0 fully saturated rings. The second-order valence-electron chi connectivity index (χ2n) is 10.8. The minimum Gasteiger partial charge on any atom is -0.495 e. The van der Waals surface area contributed by atoms with Crippen LogP contribution in [0.4, 0.5) is 21.2 Å². The van der Waals surface area contributed by atoms with E-state index >= 15 is 0 Å². The number of hydrogen-bond acceptors (Lipinski definition) is 8. The summed E-state index contributed by atoms with van der Waals surface area (Å²) < 4.78 is 10.9. The number of anilines is 3. The van der Waals surface area contributed by atoms with E-state index in [4.69, 9.17) is 21.7 Å². The largest absolute Gasteiger partial charge is 0.495 e. The van der Waals surface area contributed by atoms with Crippen molar-refractivity contribution >= 4 is 68.8 Å². The molecular weight excluding hydrogens is 603 g/mol. The van der Waals surface area contributed by atoms with Gasteiger partial charge in [-0.15, -0.1) is 23.1 Å². The summed E-state index contributed by atoms with van der Waals surface area (Å²) in [7, 11) is 1.60. The first-order valence-electron chi connectivity index (χ1n) is 13.8. The van der Waals surface area contributed by atoms with Gasteiger partial charge < -0.3 is 30.3 Å². The smallest absolute Gasteiger partial charge is 0.410 e. The summed E-state index contributed by atoms with van der Waals surface area (Å²) >= 11 is 8.29. The standard InChI is InChI=1S/C31H35N5O4S3/c1-6-25(42-20-11-9-10-19(16-20)33-29(41)34-23-12-7-8-13-24(23)39-5)27(37)35-28-22(17-32)21-14-15-36(18-26(21)43-28)30(38)40-31(2,3)4/h7-13,16,25H,6,14-15,18H2,1-5H3,(H,35,37)(H2,33,34,41). The molecule has 2 amide bonds. The predicted octanol–water partition coefficient (Wildman–Crippen LogP) is 7.24. The van der Waals surface area contributed by atoms with Gasteiger partial charge in [0.1, 0.15) is 22.4 Å². The molecule has 4 rings (SSSR count). The molecule has 1 unspecified atom stereocenters. The van der Waals surface area contributed by atoms with Crippen molar-refractivity contribution in [1.29, 1.82) is 5.26 Å². The van der Waals surface area contributed by atoms with Crippen LogP contribution in [0.25, 0.3) is 0 Å². The van der Waals surface area contributed by atoms with Gasteiger partial charge in [0.25, 0.3) is 0 Å². The molecule has 1 aliphatic rings. The number of benzene rings is 2. The number of rotatable bonds is 8. The fraction of sp³-hybridized carbons (Fsp3) is 0.355. The van der Waals surface area contributed by atoms with Gasteiger partial charge in [0.15, 0.2) is 5.11 Å². The lowest BCUT2D eigenvalue weighted by Gasteiger charge is -2.29. The van der Waals surface area contributed by atoms with Crippen LogP contribution in [0.15, 0.2) is 53.4 Å². The molecule has 0 saturated carbocycles. The van der Waals surface area contributed by atoms with Crippen molar-refractivity contribution in [2.45, 2.75) is 62.8 Å². The number of nitrogens with one attached hydrogen (secondary N) is 3. The van der Waals surface area contributed by atoms with E-state index in [1.165, 1.54) is 23.1 Å². The zero-order chi connectivity index (χ0) is 31.1. The summed E-state index contributed by atoms with van der Waals surface area (Å²) in [6.45, 7) is 8.25. The molecule has 1 aromatic heterocycles. The summed E-state index contributed by atoms with van der Waals surface area (Å²) in [5.41, 5.74) is 2.30. The molecule has 0 bridgehead atoms. The van der Waals surface area contributed by atoms with Crippen LogP contribution in [-0.4, -0.2) is 46.5 Å². The lowest BCUT2D eigenvalue weighted by molar-refractivity contribution is -0.115. The maximum atomic E-state index is 13.4. The second kappa shape index (κ2) is 14.1. The number of nitrogens with zero attached hydrogens (tertiary/aromatic N) is 2. The molecule has 9 nitrogen and oxygen atoms in total. The average Bonchev–Trinajstić information content (AvgIpc) is 3.31. The first kappa shape index (κ1) is 32.1. The number of nitriles is 1. The molecule has 12 heteroatoms. The van der Waals surface area contributed by atoms with Gasteiger partial charge >= 0.3 is 6.09 Å². The van der Waals surface area contributed by atoms with Gasteiger partial charge in [0.05, 0.1) is 30.2 Å². The normalized spacial score (nSPS) is 13.3. The van der Waals surface area contributed by atoms with Gasteiger partial charge in [-0.05, 0) is 81.7 Å². The maximum Gasteiger partial charge on any atom is 0.410 e. The van der Waals surface area contributed by atoms with Gasteiger partial charge in [-0.25, -0.2) is 4.79 Å². The van der Waals surface area contributed by atoms with Crippen molar-refractivity contribution in [2.75, 3.05) is 29.6 Å². The monoisotopic (exact) mass is 637 g/mol. The Morgan fingerprint density at radius 1 is 1.16 bits per heavy atom. The first-order chi connectivity index (χ1) is 20.5. The highest BCUT2D eigenvalue weighted by atomic mass is 32.2. The third-order valence-electron chi connectivity index (χ3n) is 6.45. The Kier molecular flexibility index (Phi) is 10.6. The molecule has 2 aromatic carbocycles. The number of hydrogen-bond donors (Lipinski definition) is 3. The Balaban J connectivity index is 1.41. The van der Waals surface area contributed by atoms with E-state index < -0.39 is 10.9 Å². The molecule has 0 radical (unpaired) electrons. The SMILES string of the molecule is CCC(Sc1cccc(NC(=S)Nc2ccccc2OC)c1)C(=O)Nc1sc2c(c1C#N)CCN(C(=O)OC(C)(C)C)C2. The molecule has 226 valence electrons. The van der Waals surface area contributed by atoms with Crippen molar-refractivity contribution in [1.82, 2.24) is 4.90 Å². The topological polar surface area (TPSA) is 116 Å². The van der Waals surface area contributed by atoms with Gasteiger partial charge in [-0.1, -0.05) is 25.1 Å². The number of thioether (sulfide) groups is 1. The molecule has 43 heavy (non-hydrogen) atoms. The van der Waals surface area contributed by atoms with Crippen molar-refractivity contribution in [3.8, 4) is 11.8 Å². The van der Waals surface area contributed by atoms with Crippen molar-refractivity contribution in [3.63, 3.8) is 0 Å². The average molecular weight is 638 g/mol. The number of carbonyl (C=O) groups excluding carboxylic acids is 2. The van der Waals surface area contributed by atoms with E-state index in [0.717, 1.165) is 26.7 Å². The molecule has 1 aliphatic heterocycles. The third kappa shape index (κ3) is 8.40. The van der Waals surface area contributed by atoms with Gasteiger partial charge in [0.2, 0.25) is 5.91 Å². The zero-order valence-corrected chi connectivity index (χ0v) is 27.2. The Labute approximate surface area is 265 Å². The van der Waals surface area contributed by atoms with E-state index in [-0.39, 0.29) is 12.0 Å². The number of amides is 2. The second-order valence-corrected chi connectivity index (χ2v) is 13.6. The molecule has 2 heterocycles. The van der Waals surface area contributed by atoms with Crippen LogP contribution in [0.5, 0.6) is 5.75 Å². The van der Waals surface area contributed by atoms with E-state index in [1.807, 2.05) is 76.2 Å². The molecule has 0 aliphatic carbocycles. The van der Waals surface area contributed by atoms with E-state index in [2.05, 4.69) is 22.0 Å². The molecule has 1 atom stereocenters. The number of fused-ring (bicyclic) bond motifs is 1. The summed E-state index contributed by atoms with van der Waals surface area (Å²) in [6, 6.07) is 17.5. The number of carbonyl (C=O) groups is 2. The van der Waals surface area contributed by atoms with Gasteiger partial charge in [-0.3, -0.25) is 4.79 Å². The van der Waals surface area contributed by atoms with Crippen LogP contribution in [0.1, 0.15) is 50.1 Å². The zero-order valence-electron chi connectivity index (χ0n) is 24.8. The predicted molar refractivity (Wildman–Crippen MR) is 177 cm³/mol. The van der Waals surface area contributed by atoms with E-state index in [1.54, 1.807) is 12.0 Å².